The highest BCUT2D eigenvalue weighted by Crippen LogP contribution is 2.35. The predicted octanol–water partition coefficient (Wildman–Crippen LogP) is 5.03. The second kappa shape index (κ2) is 8.87. The Kier molecular flexibility index (Phi) is 7.13. The Morgan fingerprint density at radius 1 is 1.21 bits per heavy atom. The summed E-state index contributed by atoms with van der Waals surface area (Å²) in [6.07, 6.45) is 1.66. The van der Waals surface area contributed by atoms with Crippen LogP contribution in [0.15, 0.2) is 35.6 Å². The molecule has 0 saturated heterocycles. The SMILES string of the molecule is CC(=NNCS)c1ccc(C(=S)Nc2ccc(Cl)c(Cl)c2Cl)cn1. The minimum Gasteiger partial charge on any atom is -0.345 e. The number of benzene rings is 1. The molecule has 0 radical (unpaired) electrons. The van der Waals surface area contributed by atoms with Gasteiger partial charge in [-0.2, -0.15) is 17.7 Å². The minimum atomic E-state index is 0.281. The first kappa shape index (κ1) is 19.3. The standard InChI is InChI=1S/C15H13Cl3N4S2/c1-8(22-20-7-23)11-4-2-9(6-19-11)15(24)21-12-5-3-10(16)13(17)14(12)18/h2-6,20,23H,7H2,1H3,(H,21,24). The monoisotopic (exact) mass is 418 g/mol. The van der Waals surface area contributed by atoms with Crippen LogP contribution in [0.2, 0.25) is 15.1 Å². The van der Waals surface area contributed by atoms with E-state index in [1.165, 1.54) is 0 Å². The Hall–Kier alpha value is -1.05. The van der Waals surface area contributed by atoms with E-state index in [1.807, 2.05) is 19.1 Å². The van der Waals surface area contributed by atoms with Gasteiger partial charge in [-0.25, -0.2) is 0 Å². The van der Waals surface area contributed by atoms with Crippen molar-refractivity contribution in [2.75, 3.05) is 11.2 Å². The fourth-order valence-electron chi connectivity index (χ4n) is 1.77. The number of nitrogens with one attached hydrogen (secondary N) is 2. The van der Waals surface area contributed by atoms with E-state index in [-0.39, 0.29) is 5.02 Å². The topological polar surface area (TPSA) is 49.3 Å². The van der Waals surface area contributed by atoms with Gasteiger partial charge in [0.25, 0.3) is 0 Å². The number of halogens is 3. The summed E-state index contributed by atoms with van der Waals surface area (Å²) in [6, 6.07) is 7.04. The van der Waals surface area contributed by atoms with Gasteiger partial charge in [-0.15, -0.1) is 0 Å². The van der Waals surface area contributed by atoms with E-state index in [1.54, 1.807) is 18.3 Å². The van der Waals surface area contributed by atoms with Gasteiger partial charge in [-0.05, 0) is 31.2 Å². The van der Waals surface area contributed by atoms with Crippen molar-refractivity contribution in [1.82, 2.24) is 10.4 Å². The van der Waals surface area contributed by atoms with Crippen LogP contribution in [0.5, 0.6) is 0 Å². The summed E-state index contributed by atoms with van der Waals surface area (Å²) < 4.78 is 0. The van der Waals surface area contributed by atoms with Crippen molar-refractivity contribution in [2.24, 2.45) is 5.10 Å². The number of hydrazone groups is 1. The van der Waals surface area contributed by atoms with Gasteiger partial charge < -0.3 is 10.7 Å². The molecule has 2 N–H and O–H groups in total. The highest BCUT2D eigenvalue weighted by atomic mass is 35.5. The van der Waals surface area contributed by atoms with E-state index in [0.717, 1.165) is 17.0 Å². The van der Waals surface area contributed by atoms with E-state index >= 15 is 0 Å². The second-order valence-corrected chi connectivity index (χ2v) is 6.51. The van der Waals surface area contributed by atoms with Gasteiger partial charge in [0.15, 0.2) is 0 Å². The third-order valence-electron chi connectivity index (χ3n) is 3.00. The average molecular weight is 420 g/mol. The maximum atomic E-state index is 6.16. The number of thiocarbonyl (C=S) groups is 1. The molecule has 0 aliphatic carbocycles. The van der Waals surface area contributed by atoms with Crippen molar-refractivity contribution in [3.05, 3.63) is 56.8 Å². The molecule has 1 heterocycles. The first-order valence-electron chi connectivity index (χ1n) is 6.73. The summed E-state index contributed by atoms with van der Waals surface area (Å²) in [5.41, 5.74) is 5.58. The van der Waals surface area contributed by atoms with Crippen molar-refractivity contribution >= 4 is 76.0 Å². The van der Waals surface area contributed by atoms with Crippen LogP contribution in [0.25, 0.3) is 0 Å². The molecule has 0 fully saturated rings. The molecule has 0 saturated carbocycles. The Morgan fingerprint density at radius 3 is 2.58 bits per heavy atom. The van der Waals surface area contributed by atoms with Gasteiger partial charge in [0.2, 0.25) is 0 Å². The van der Waals surface area contributed by atoms with E-state index < -0.39 is 0 Å². The van der Waals surface area contributed by atoms with Crippen LogP contribution < -0.4 is 10.7 Å². The zero-order valence-electron chi connectivity index (χ0n) is 12.5. The predicted molar refractivity (Wildman–Crippen MR) is 110 cm³/mol. The molecule has 24 heavy (non-hydrogen) atoms. The fourth-order valence-corrected chi connectivity index (χ4v) is 2.65. The van der Waals surface area contributed by atoms with Crippen LogP contribution >= 0.6 is 59.6 Å². The van der Waals surface area contributed by atoms with E-state index in [9.17, 15) is 0 Å². The molecule has 0 aliphatic heterocycles. The van der Waals surface area contributed by atoms with Crippen LogP contribution in [-0.4, -0.2) is 21.6 Å². The van der Waals surface area contributed by atoms with Crippen molar-refractivity contribution in [3.63, 3.8) is 0 Å². The number of pyridine rings is 1. The fraction of sp³-hybridized carbons (Fsp3) is 0.133. The summed E-state index contributed by atoms with van der Waals surface area (Å²) in [6.45, 7) is 1.85. The molecule has 0 aliphatic rings. The largest absolute Gasteiger partial charge is 0.345 e. The lowest BCUT2D eigenvalue weighted by Crippen LogP contribution is -2.13. The molecular weight excluding hydrogens is 407 g/mol. The van der Waals surface area contributed by atoms with E-state index in [0.29, 0.717) is 26.6 Å². The number of hydrogen-bond donors (Lipinski definition) is 3. The van der Waals surface area contributed by atoms with Crippen molar-refractivity contribution < 1.29 is 0 Å². The van der Waals surface area contributed by atoms with E-state index in [2.05, 4.69) is 33.5 Å². The Balaban J connectivity index is 2.15. The lowest BCUT2D eigenvalue weighted by Gasteiger charge is -2.11. The minimum absolute atomic E-state index is 0.281. The first-order valence-corrected chi connectivity index (χ1v) is 8.90. The van der Waals surface area contributed by atoms with Gasteiger partial charge in [0.05, 0.1) is 38.0 Å². The number of rotatable bonds is 5. The number of nitrogens with zero attached hydrogens (tertiary/aromatic N) is 2. The molecule has 0 unspecified atom stereocenters. The summed E-state index contributed by atoms with van der Waals surface area (Å²) in [5, 5.41) is 8.14. The highest BCUT2D eigenvalue weighted by Gasteiger charge is 2.11. The Morgan fingerprint density at radius 2 is 1.96 bits per heavy atom. The molecule has 0 spiro atoms. The van der Waals surface area contributed by atoms with Gasteiger partial charge in [-0.1, -0.05) is 47.0 Å². The molecule has 1 aromatic carbocycles. The third-order valence-corrected chi connectivity index (χ3v) is 4.77. The molecule has 0 bridgehead atoms. The number of hydrogen-bond acceptors (Lipinski definition) is 5. The molecule has 2 rings (SSSR count). The normalized spacial score (nSPS) is 11.3. The second-order valence-electron chi connectivity index (χ2n) is 4.62. The van der Waals surface area contributed by atoms with Gasteiger partial charge in [0.1, 0.15) is 4.99 Å². The molecule has 4 nitrogen and oxygen atoms in total. The molecular formula is C15H13Cl3N4S2. The lowest BCUT2D eigenvalue weighted by atomic mass is 10.2. The van der Waals surface area contributed by atoms with Gasteiger partial charge in [-0.3, -0.25) is 4.98 Å². The summed E-state index contributed by atoms with van der Waals surface area (Å²) in [5.74, 6) is 0.452. The summed E-state index contributed by atoms with van der Waals surface area (Å²) >= 11 is 27.5. The first-order chi connectivity index (χ1) is 11.4. The summed E-state index contributed by atoms with van der Waals surface area (Å²) in [7, 11) is 0. The average Bonchev–Trinajstić information content (AvgIpc) is 2.60. The van der Waals surface area contributed by atoms with Gasteiger partial charge in [0, 0.05) is 11.8 Å². The zero-order valence-corrected chi connectivity index (χ0v) is 16.5. The quantitative estimate of drug-likeness (QED) is 0.159. The molecule has 9 heteroatoms. The van der Waals surface area contributed by atoms with Crippen molar-refractivity contribution in [2.45, 2.75) is 6.92 Å². The maximum absolute atomic E-state index is 6.16. The van der Waals surface area contributed by atoms with Crippen LogP contribution in [0.4, 0.5) is 5.69 Å². The van der Waals surface area contributed by atoms with Crippen molar-refractivity contribution in [1.29, 1.82) is 0 Å². The molecule has 0 amide bonds. The molecule has 2 aromatic rings. The number of thiol groups is 1. The lowest BCUT2D eigenvalue weighted by molar-refractivity contribution is 0.873. The van der Waals surface area contributed by atoms with Crippen LogP contribution in [-0.2, 0) is 0 Å². The molecule has 0 atom stereocenters. The highest BCUT2D eigenvalue weighted by molar-refractivity contribution is 7.81. The van der Waals surface area contributed by atoms with Crippen LogP contribution in [0, 0.1) is 0 Å². The Bertz CT molecular complexity index is 779. The maximum Gasteiger partial charge on any atom is 0.112 e. The molecule has 1 aromatic heterocycles. The van der Waals surface area contributed by atoms with Crippen LogP contribution in [0.1, 0.15) is 18.2 Å². The molecule has 126 valence electrons. The van der Waals surface area contributed by atoms with E-state index in [4.69, 9.17) is 47.0 Å². The number of anilines is 1. The Labute approximate surface area is 166 Å². The van der Waals surface area contributed by atoms with Crippen LogP contribution in [0.3, 0.4) is 0 Å². The summed E-state index contributed by atoms with van der Waals surface area (Å²) in [4.78, 5) is 4.81. The van der Waals surface area contributed by atoms with Gasteiger partial charge >= 0.3 is 0 Å². The zero-order chi connectivity index (χ0) is 17.7. The number of aromatic nitrogens is 1. The third kappa shape index (κ3) is 4.74. The van der Waals surface area contributed by atoms with Crippen molar-refractivity contribution in [3.8, 4) is 0 Å². The smallest absolute Gasteiger partial charge is 0.112 e.